The highest BCUT2D eigenvalue weighted by Crippen LogP contribution is 2.50. The van der Waals surface area contributed by atoms with Crippen molar-refractivity contribution in [2.24, 2.45) is 11.8 Å². The van der Waals surface area contributed by atoms with Crippen molar-refractivity contribution in [3.05, 3.63) is 41.1 Å². The van der Waals surface area contributed by atoms with E-state index in [0.717, 1.165) is 12.8 Å². The number of aromatic hydroxyl groups is 1. The molecule has 0 heterocycles. The van der Waals surface area contributed by atoms with Gasteiger partial charge in [-0.05, 0) is 36.5 Å². The quantitative estimate of drug-likeness (QED) is 0.702. The van der Waals surface area contributed by atoms with E-state index in [0.29, 0.717) is 18.4 Å². The molecule has 0 aliphatic heterocycles. The van der Waals surface area contributed by atoms with Gasteiger partial charge in [-0.15, -0.1) is 0 Å². The highest BCUT2D eigenvalue weighted by Gasteiger charge is 2.52. The van der Waals surface area contributed by atoms with Gasteiger partial charge in [0.15, 0.2) is 0 Å². The summed E-state index contributed by atoms with van der Waals surface area (Å²) in [5.74, 6) is -3.72. The third-order valence-electron chi connectivity index (χ3n) is 5.30. The van der Waals surface area contributed by atoms with E-state index in [9.17, 15) is 33.0 Å². The number of rotatable bonds is 6. The zero-order valence-corrected chi connectivity index (χ0v) is 14.4. The number of Topliss-reactive ketones (excluding diaryl/α,β-unsaturated/α-hetero) is 1. The second-order valence-electron chi connectivity index (χ2n) is 7.06. The Bertz CT molecular complexity index is 770. The van der Waals surface area contributed by atoms with Crippen LogP contribution in [-0.2, 0) is 16.0 Å². The summed E-state index contributed by atoms with van der Waals surface area (Å²) in [6, 6.07) is 4.75. The summed E-state index contributed by atoms with van der Waals surface area (Å²) in [7, 11) is 0. The predicted octanol–water partition coefficient (Wildman–Crippen LogP) is 3.18. The lowest BCUT2D eigenvalue weighted by Gasteiger charge is -2.45. The molecule has 0 radical (unpaired) electrons. The lowest BCUT2D eigenvalue weighted by atomic mass is 9.62. The lowest BCUT2D eigenvalue weighted by molar-refractivity contribution is -0.168. The average molecular weight is 383 g/mol. The number of hydrogen-bond donors (Lipinski definition) is 3. The number of hydrogen-bond acceptors (Lipinski definition) is 4. The first-order valence-electron chi connectivity index (χ1n) is 8.81. The van der Waals surface area contributed by atoms with Crippen LogP contribution in [0.4, 0.5) is 13.2 Å². The first kappa shape index (κ1) is 19.3. The number of nitrogens with one attached hydrogen (secondary N) is 1. The molecule has 1 aromatic carbocycles. The van der Waals surface area contributed by atoms with Crippen LogP contribution in [0.5, 0.6) is 5.75 Å². The number of carboxylic acids is 1. The van der Waals surface area contributed by atoms with Gasteiger partial charge in [0.2, 0.25) is 0 Å². The molecule has 2 aliphatic rings. The zero-order chi connectivity index (χ0) is 19.8. The summed E-state index contributed by atoms with van der Waals surface area (Å²) in [4.78, 5) is 23.5. The molecule has 3 rings (SSSR count). The number of carbonyl (C=O) groups excluding carboxylic acids is 1. The van der Waals surface area contributed by atoms with Crippen LogP contribution in [0.2, 0.25) is 0 Å². The Morgan fingerprint density at radius 3 is 2.26 bits per heavy atom. The van der Waals surface area contributed by atoms with Gasteiger partial charge < -0.3 is 15.5 Å². The normalized spacial score (nSPS) is 23.2. The second-order valence-corrected chi connectivity index (χ2v) is 7.06. The van der Waals surface area contributed by atoms with Crippen LogP contribution in [0.1, 0.15) is 31.2 Å². The van der Waals surface area contributed by atoms with E-state index in [2.05, 4.69) is 5.32 Å². The van der Waals surface area contributed by atoms with Gasteiger partial charge in [-0.3, -0.25) is 4.79 Å². The molecule has 3 unspecified atom stereocenters. The summed E-state index contributed by atoms with van der Waals surface area (Å²) < 4.78 is 38.9. The monoisotopic (exact) mass is 383 g/mol. The van der Waals surface area contributed by atoms with Crippen molar-refractivity contribution in [2.75, 3.05) is 0 Å². The van der Waals surface area contributed by atoms with E-state index in [1.165, 1.54) is 12.1 Å². The maximum absolute atomic E-state index is 13.0. The molecule has 8 heteroatoms. The van der Waals surface area contributed by atoms with Crippen LogP contribution in [0.3, 0.4) is 0 Å². The molecule has 3 atom stereocenters. The third kappa shape index (κ3) is 3.94. The van der Waals surface area contributed by atoms with Gasteiger partial charge in [0.05, 0.1) is 0 Å². The SMILES string of the molecule is O=C(O)C(Cc1ccc(O)cc1)NC1=C(C(=O)C(F)(F)F)C2CCCCC12. The summed E-state index contributed by atoms with van der Waals surface area (Å²) in [6.45, 7) is 0. The number of carbonyl (C=O) groups is 2. The van der Waals surface area contributed by atoms with Crippen LogP contribution >= 0.6 is 0 Å². The van der Waals surface area contributed by atoms with Gasteiger partial charge in [0, 0.05) is 23.6 Å². The van der Waals surface area contributed by atoms with Gasteiger partial charge in [0.1, 0.15) is 11.8 Å². The van der Waals surface area contributed by atoms with E-state index in [1.54, 1.807) is 12.1 Å². The van der Waals surface area contributed by atoms with Crippen LogP contribution in [0.25, 0.3) is 0 Å². The maximum atomic E-state index is 13.0. The standard InChI is InChI=1S/C19H20F3NO4/c20-19(21,22)17(25)15-12-3-1-2-4-13(12)16(15)23-14(18(26)27)9-10-5-7-11(24)8-6-10/h5-8,12-14,23-24H,1-4,9H2,(H,26,27). The molecule has 1 saturated carbocycles. The van der Waals surface area contributed by atoms with Crippen molar-refractivity contribution >= 4 is 11.8 Å². The number of phenols is 1. The molecule has 0 saturated heterocycles. The number of benzene rings is 1. The van der Waals surface area contributed by atoms with Crippen molar-refractivity contribution in [1.29, 1.82) is 0 Å². The number of halogens is 3. The lowest BCUT2D eigenvalue weighted by Crippen LogP contribution is -2.50. The summed E-state index contributed by atoms with van der Waals surface area (Å²) in [5.41, 5.74) is 0.439. The molecule has 2 aliphatic carbocycles. The Morgan fingerprint density at radius 1 is 1.11 bits per heavy atom. The Labute approximate surface area is 153 Å². The molecular weight excluding hydrogens is 363 g/mol. The minimum Gasteiger partial charge on any atom is -0.508 e. The van der Waals surface area contributed by atoms with Crippen LogP contribution in [-0.4, -0.2) is 34.2 Å². The Balaban J connectivity index is 1.86. The fourth-order valence-corrected chi connectivity index (χ4v) is 4.01. The minimum atomic E-state index is -4.97. The van der Waals surface area contributed by atoms with Gasteiger partial charge in [-0.25, -0.2) is 4.79 Å². The van der Waals surface area contributed by atoms with Gasteiger partial charge >= 0.3 is 12.1 Å². The molecule has 0 amide bonds. The first-order chi connectivity index (χ1) is 12.7. The Hall–Kier alpha value is -2.51. The Kier molecular flexibility index (Phi) is 5.17. The summed E-state index contributed by atoms with van der Waals surface area (Å²) in [6.07, 6.45) is -2.19. The van der Waals surface area contributed by atoms with E-state index in [-0.39, 0.29) is 29.4 Å². The van der Waals surface area contributed by atoms with Crippen molar-refractivity contribution in [3.8, 4) is 5.75 Å². The molecule has 146 valence electrons. The highest BCUT2D eigenvalue weighted by molar-refractivity contribution is 6.02. The molecule has 0 aromatic heterocycles. The van der Waals surface area contributed by atoms with Gasteiger partial charge in [-0.2, -0.15) is 13.2 Å². The van der Waals surface area contributed by atoms with E-state index in [4.69, 9.17) is 0 Å². The van der Waals surface area contributed by atoms with Crippen molar-refractivity contribution < 1.29 is 33.0 Å². The van der Waals surface area contributed by atoms with Crippen LogP contribution in [0, 0.1) is 11.8 Å². The summed E-state index contributed by atoms with van der Waals surface area (Å²) >= 11 is 0. The van der Waals surface area contributed by atoms with E-state index >= 15 is 0 Å². The average Bonchev–Trinajstić information content (AvgIpc) is 2.59. The zero-order valence-electron chi connectivity index (χ0n) is 14.4. The predicted molar refractivity (Wildman–Crippen MR) is 89.9 cm³/mol. The fourth-order valence-electron chi connectivity index (χ4n) is 4.01. The molecule has 27 heavy (non-hydrogen) atoms. The minimum absolute atomic E-state index is 0.0178. The van der Waals surface area contributed by atoms with E-state index in [1.807, 2.05) is 0 Å². The van der Waals surface area contributed by atoms with Gasteiger partial charge in [0.25, 0.3) is 5.78 Å². The molecule has 3 N–H and O–H groups in total. The number of phenolic OH excluding ortho intramolecular Hbond substituents is 1. The number of allylic oxidation sites excluding steroid dienone is 2. The first-order valence-corrected chi connectivity index (χ1v) is 8.81. The van der Waals surface area contributed by atoms with Crippen molar-refractivity contribution in [3.63, 3.8) is 0 Å². The molecule has 1 aromatic rings. The molecular formula is C19H20F3NO4. The van der Waals surface area contributed by atoms with Crippen molar-refractivity contribution in [2.45, 2.75) is 44.3 Å². The van der Waals surface area contributed by atoms with E-state index < -0.39 is 29.9 Å². The molecule has 0 spiro atoms. The smallest absolute Gasteiger partial charge is 0.454 e. The number of ketones is 1. The maximum Gasteiger partial charge on any atom is 0.454 e. The third-order valence-corrected chi connectivity index (χ3v) is 5.30. The second kappa shape index (κ2) is 7.25. The summed E-state index contributed by atoms with van der Waals surface area (Å²) in [5, 5.41) is 21.5. The van der Waals surface area contributed by atoms with Crippen molar-refractivity contribution in [1.82, 2.24) is 5.32 Å². The Morgan fingerprint density at radius 2 is 1.70 bits per heavy atom. The molecule has 5 nitrogen and oxygen atoms in total. The fraction of sp³-hybridized carbons (Fsp3) is 0.474. The van der Waals surface area contributed by atoms with Crippen LogP contribution in [0.15, 0.2) is 35.5 Å². The number of aliphatic carboxylic acids is 1. The van der Waals surface area contributed by atoms with Crippen LogP contribution < -0.4 is 5.32 Å². The highest BCUT2D eigenvalue weighted by atomic mass is 19.4. The number of alkyl halides is 3. The largest absolute Gasteiger partial charge is 0.508 e. The molecule has 0 bridgehead atoms. The molecule has 1 fully saturated rings. The van der Waals surface area contributed by atoms with Gasteiger partial charge in [-0.1, -0.05) is 25.0 Å². The number of fused-ring (bicyclic) bond motifs is 1. The topological polar surface area (TPSA) is 86.6 Å². The number of carboxylic acid groups (broad SMARTS) is 1.